The number of ether oxygens (including phenoxy) is 1. The molecule has 25 heavy (non-hydrogen) atoms. The number of rotatable bonds is 7. The van der Waals surface area contributed by atoms with Crippen LogP contribution in [-0.2, 0) is 9.53 Å². The van der Waals surface area contributed by atoms with Gasteiger partial charge in [-0.15, -0.1) is 11.3 Å². The van der Waals surface area contributed by atoms with Gasteiger partial charge in [-0.05, 0) is 47.1 Å². The Morgan fingerprint density at radius 3 is 2.40 bits per heavy atom. The molecule has 1 aromatic carbocycles. The number of nitrogens with zero attached hydrogens (tertiary/aromatic N) is 1. The van der Waals surface area contributed by atoms with E-state index in [1.807, 2.05) is 18.2 Å². The van der Waals surface area contributed by atoms with Crippen LogP contribution in [0.2, 0.25) is 0 Å². The molecule has 0 amide bonds. The standard InChI is InChI=1S/C18H15Br2NO3S/c1-2-24-18(23)14(10-21)13(16-7-8-17(20)25-16)9-15(22)11-3-5-12(19)6-4-11/h3-8,13-14H,2,9H2,1H3. The molecule has 0 bridgehead atoms. The number of carbonyl (C=O) groups excluding carboxylic acids is 2. The van der Waals surface area contributed by atoms with Crippen molar-refractivity contribution in [3.05, 3.63) is 55.1 Å². The van der Waals surface area contributed by atoms with E-state index >= 15 is 0 Å². The summed E-state index contributed by atoms with van der Waals surface area (Å²) in [7, 11) is 0. The Balaban J connectivity index is 2.31. The Labute approximate surface area is 167 Å². The second kappa shape index (κ2) is 9.27. The number of carbonyl (C=O) groups is 2. The van der Waals surface area contributed by atoms with Gasteiger partial charge >= 0.3 is 5.97 Å². The highest BCUT2D eigenvalue weighted by Gasteiger charge is 2.33. The predicted molar refractivity (Wildman–Crippen MR) is 104 cm³/mol. The van der Waals surface area contributed by atoms with Crippen LogP contribution in [0, 0.1) is 17.2 Å². The van der Waals surface area contributed by atoms with Gasteiger partial charge < -0.3 is 4.74 Å². The summed E-state index contributed by atoms with van der Waals surface area (Å²) in [6, 6.07) is 12.7. The highest BCUT2D eigenvalue weighted by atomic mass is 79.9. The number of thiophene rings is 1. The van der Waals surface area contributed by atoms with Gasteiger partial charge in [0.25, 0.3) is 0 Å². The Bertz CT molecular complexity index is 795. The minimum Gasteiger partial charge on any atom is -0.465 e. The third-order valence-electron chi connectivity index (χ3n) is 3.61. The summed E-state index contributed by atoms with van der Waals surface area (Å²) in [6.07, 6.45) is 0.0611. The van der Waals surface area contributed by atoms with Crippen molar-refractivity contribution in [1.82, 2.24) is 0 Å². The molecule has 0 fully saturated rings. The Morgan fingerprint density at radius 1 is 1.20 bits per heavy atom. The van der Waals surface area contributed by atoms with E-state index < -0.39 is 17.8 Å². The first-order valence-corrected chi connectivity index (χ1v) is 9.96. The molecule has 4 nitrogen and oxygen atoms in total. The van der Waals surface area contributed by atoms with Crippen LogP contribution in [0.25, 0.3) is 0 Å². The zero-order valence-electron chi connectivity index (χ0n) is 13.4. The molecule has 0 aliphatic carbocycles. The molecule has 2 unspecified atom stereocenters. The number of esters is 1. The number of hydrogen-bond donors (Lipinski definition) is 0. The maximum atomic E-state index is 12.7. The summed E-state index contributed by atoms with van der Waals surface area (Å²) in [5.41, 5.74) is 0.546. The molecule has 0 N–H and O–H groups in total. The molecule has 2 atom stereocenters. The summed E-state index contributed by atoms with van der Waals surface area (Å²) in [4.78, 5) is 25.7. The topological polar surface area (TPSA) is 67.2 Å². The second-order valence-electron chi connectivity index (χ2n) is 5.24. The van der Waals surface area contributed by atoms with E-state index in [9.17, 15) is 14.9 Å². The van der Waals surface area contributed by atoms with Crippen LogP contribution in [0.3, 0.4) is 0 Å². The fourth-order valence-electron chi connectivity index (χ4n) is 2.40. The Hall–Kier alpha value is -1.49. The maximum Gasteiger partial charge on any atom is 0.324 e. The van der Waals surface area contributed by atoms with Crippen molar-refractivity contribution in [3.63, 3.8) is 0 Å². The van der Waals surface area contributed by atoms with E-state index in [1.54, 1.807) is 31.2 Å². The Morgan fingerprint density at radius 2 is 1.88 bits per heavy atom. The molecular weight excluding hydrogens is 470 g/mol. The van der Waals surface area contributed by atoms with Crippen molar-refractivity contribution in [2.24, 2.45) is 5.92 Å². The highest BCUT2D eigenvalue weighted by molar-refractivity contribution is 9.11. The molecule has 0 aliphatic heterocycles. The lowest BCUT2D eigenvalue weighted by atomic mass is 9.86. The Kier molecular flexibility index (Phi) is 7.36. The average Bonchev–Trinajstić information content (AvgIpc) is 3.01. The molecule has 2 rings (SSSR count). The molecule has 2 aromatic rings. The van der Waals surface area contributed by atoms with Crippen LogP contribution in [-0.4, -0.2) is 18.4 Å². The third kappa shape index (κ3) is 5.24. The van der Waals surface area contributed by atoms with Crippen molar-refractivity contribution >= 4 is 54.9 Å². The SMILES string of the molecule is CCOC(=O)C(C#N)C(CC(=O)c1ccc(Br)cc1)c1ccc(Br)s1. The number of ketones is 1. The lowest BCUT2D eigenvalue weighted by Gasteiger charge is -2.19. The molecule has 0 spiro atoms. The first-order chi connectivity index (χ1) is 12.0. The van der Waals surface area contributed by atoms with Gasteiger partial charge in [-0.25, -0.2) is 0 Å². The van der Waals surface area contributed by atoms with Crippen LogP contribution in [0.1, 0.15) is 34.5 Å². The van der Waals surface area contributed by atoms with E-state index in [0.717, 1.165) is 13.1 Å². The molecule has 1 heterocycles. The van der Waals surface area contributed by atoms with Crippen molar-refractivity contribution in [3.8, 4) is 6.07 Å². The highest BCUT2D eigenvalue weighted by Crippen LogP contribution is 2.36. The molecule has 7 heteroatoms. The largest absolute Gasteiger partial charge is 0.465 e. The van der Waals surface area contributed by atoms with Crippen LogP contribution >= 0.6 is 43.2 Å². The van der Waals surface area contributed by atoms with Gasteiger partial charge in [0.05, 0.1) is 16.5 Å². The van der Waals surface area contributed by atoms with E-state index in [1.165, 1.54) is 11.3 Å². The summed E-state index contributed by atoms with van der Waals surface area (Å²) < 4.78 is 6.78. The average molecular weight is 485 g/mol. The predicted octanol–water partition coefficient (Wildman–Crippen LogP) is 5.33. The molecule has 0 radical (unpaired) electrons. The van der Waals surface area contributed by atoms with Crippen LogP contribution in [0.15, 0.2) is 44.7 Å². The molecule has 130 valence electrons. The van der Waals surface area contributed by atoms with Gasteiger partial charge in [-0.1, -0.05) is 28.1 Å². The normalized spacial score (nSPS) is 12.9. The minimum atomic E-state index is -1.02. The smallest absolute Gasteiger partial charge is 0.324 e. The number of hydrogen-bond acceptors (Lipinski definition) is 5. The summed E-state index contributed by atoms with van der Waals surface area (Å²) in [5, 5.41) is 9.51. The van der Waals surface area contributed by atoms with Crippen molar-refractivity contribution in [2.45, 2.75) is 19.3 Å². The van der Waals surface area contributed by atoms with Gasteiger partial charge in [0.15, 0.2) is 11.7 Å². The maximum absolute atomic E-state index is 12.7. The lowest BCUT2D eigenvalue weighted by Crippen LogP contribution is -2.25. The number of halogens is 2. The number of Topliss-reactive ketones (excluding diaryl/α,β-unsaturated/α-hetero) is 1. The fraction of sp³-hybridized carbons (Fsp3) is 0.278. The second-order valence-corrected chi connectivity index (χ2v) is 8.65. The first kappa shape index (κ1) is 19.8. The quantitative estimate of drug-likeness (QED) is 0.393. The fourth-order valence-corrected chi connectivity index (χ4v) is 4.23. The molecule has 1 aromatic heterocycles. The van der Waals surface area contributed by atoms with E-state index in [-0.39, 0.29) is 18.8 Å². The monoisotopic (exact) mass is 483 g/mol. The first-order valence-electron chi connectivity index (χ1n) is 7.56. The van der Waals surface area contributed by atoms with Crippen LogP contribution in [0.4, 0.5) is 0 Å². The molecule has 0 saturated carbocycles. The van der Waals surface area contributed by atoms with Crippen molar-refractivity contribution in [1.29, 1.82) is 5.26 Å². The van der Waals surface area contributed by atoms with Crippen LogP contribution < -0.4 is 0 Å². The zero-order chi connectivity index (χ0) is 18.4. The third-order valence-corrected chi connectivity index (χ3v) is 5.90. The van der Waals surface area contributed by atoms with E-state index in [4.69, 9.17) is 4.74 Å². The summed E-state index contributed by atoms with van der Waals surface area (Å²) >= 11 is 8.14. The van der Waals surface area contributed by atoms with Gasteiger partial charge in [0.2, 0.25) is 0 Å². The minimum absolute atomic E-state index is 0.0611. The van der Waals surface area contributed by atoms with E-state index in [2.05, 4.69) is 31.9 Å². The molecule has 0 aliphatic rings. The zero-order valence-corrected chi connectivity index (χ0v) is 17.4. The number of nitriles is 1. The van der Waals surface area contributed by atoms with Gasteiger partial charge in [0, 0.05) is 27.3 Å². The van der Waals surface area contributed by atoms with Gasteiger partial charge in [0.1, 0.15) is 0 Å². The van der Waals surface area contributed by atoms with Gasteiger partial charge in [-0.3, -0.25) is 9.59 Å². The van der Waals surface area contributed by atoms with Crippen LogP contribution in [0.5, 0.6) is 0 Å². The van der Waals surface area contributed by atoms with Gasteiger partial charge in [-0.2, -0.15) is 5.26 Å². The lowest BCUT2D eigenvalue weighted by molar-refractivity contribution is -0.146. The summed E-state index contributed by atoms with van der Waals surface area (Å²) in [5.74, 6) is -2.28. The van der Waals surface area contributed by atoms with Crippen molar-refractivity contribution < 1.29 is 14.3 Å². The van der Waals surface area contributed by atoms with Crippen molar-refractivity contribution in [2.75, 3.05) is 6.61 Å². The molecular formula is C18H15Br2NO3S. The van der Waals surface area contributed by atoms with E-state index in [0.29, 0.717) is 5.56 Å². The number of benzene rings is 1. The summed E-state index contributed by atoms with van der Waals surface area (Å²) in [6.45, 7) is 1.88. The molecule has 0 saturated heterocycles.